The third-order valence-electron chi connectivity index (χ3n) is 4.95. The maximum atomic E-state index is 12.6. The Morgan fingerprint density at radius 3 is 2.86 bits per heavy atom. The van der Waals surface area contributed by atoms with Gasteiger partial charge in [0, 0.05) is 42.7 Å². The van der Waals surface area contributed by atoms with E-state index in [9.17, 15) is 9.59 Å². The quantitative estimate of drug-likeness (QED) is 0.517. The minimum atomic E-state index is -0.224. The zero-order valence-corrected chi connectivity index (χ0v) is 16.3. The first-order valence-electron chi connectivity index (χ1n) is 9.39. The molecule has 0 saturated carbocycles. The Labute approximate surface area is 167 Å². The van der Waals surface area contributed by atoms with Crippen LogP contribution >= 0.6 is 0 Å². The standard InChI is InChI=1S/C20H23N5O4/c1-28-6-5-21-19(26)18-9-14-8-13(11-25(14)24-18)22-20(27)17-7-12-3-4-15(29-2)10-16(12)23-17/h3-4,7,9-10,13,23H,5-6,8,11H2,1-2H3,(H,21,26)(H,22,27)/t13-/m0/s1. The van der Waals surface area contributed by atoms with Gasteiger partial charge in [-0.05, 0) is 24.3 Å². The number of methoxy groups -OCH3 is 2. The van der Waals surface area contributed by atoms with Crippen molar-refractivity contribution in [3.63, 3.8) is 0 Å². The minimum absolute atomic E-state index is 0.0726. The number of nitrogens with zero attached hydrogens (tertiary/aromatic N) is 2. The number of hydrogen-bond acceptors (Lipinski definition) is 5. The molecule has 3 heterocycles. The zero-order valence-electron chi connectivity index (χ0n) is 16.3. The van der Waals surface area contributed by atoms with Crippen LogP contribution in [0.4, 0.5) is 0 Å². The van der Waals surface area contributed by atoms with E-state index >= 15 is 0 Å². The molecule has 9 nitrogen and oxygen atoms in total. The van der Waals surface area contributed by atoms with Crippen molar-refractivity contribution in [2.75, 3.05) is 27.4 Å². The molecule has 9 heteroatoms. The second-order valence-corrected chi connectivity index (χ2v) is 6.96. The van der Waals surface area contributed by atoms with Gasteiger partial charge in [0.1, 0.15) is 17.1 Å². The summed E-state index contributed by atoms with van der Waals surface area (Å²) in [5.41, 5.74) is 2.65. The van der Waals surface area contributed by atoms with Gasteiger partial charge >= 0.3 is 0 Å². The van der Waals surface area contributed by atoms with E-state index in [1.54, 1.807) is 25.0 Å². The van der Waals surface area contributed by atoms with Crippen molar-refractivity contribution in [3.05, 3.63) is 47.4 Å². The Morgan fingerprint density at radius 2 is 2.10 bits per heavy atom. The molecular weight excluding hydrogens is 374 g/mol. The fourth-order valence-corrected chi connectivity index (χ4v) is 3.49. The van der Waals surface area contributed by atoms with Crippen LogP contribution < -0.4 is 15.4 Å². The Kier molecular flexibility index (Phi) is 5.22. The van der Waals surface area contributed by atoms with Crippen LogP contribution in [0.25, 0.3) is 10.9 Å². The maximum Gasteiger partial charge on any atom is 0.271 e. The minimum Gasteiger partial charge on any atom is -0.497 e. The highest BCUT2D eigenvalue weighted by Crippen LogP contribution is 2.22. The molecule has 0 aliphatic carbocycles. The Hall–Kier alpha value is -3.33. The highest BCUT2D eigenvalue weighted by Gasteiger charge is 2.27. The molecule has 4 rings (SSSR count). The predicted molar refractivity (Wildman–Crippen MR) is 106 cm³/mol. The van der Waals surface area contributed by atoms with Crippen LogP contribution in [0.2, 0.25) is 0 Å². The number of ether oxygens (including phenoxy) is 2. The number of amides is 2. The van der Waals surface area contributed by atoms with Gasteiger partial charge in [-0.25, -0.2) is 0 Å². The topological polar surface area (TPSA) is 110 Å². The molecule has 3 N–H and O–H groups in total. The van der Waals surface area contributed by atoms with Gasteiger partial charge in [0.25, 0.3) is 11.8 Å². The third kappa shape index (κ3) is 3.95. The third-order valence-corrected chi connectivity index (χ3v) is 4.95. The van der Waals surface area contributed by atoms with Crippen molar-refractivity contribution in [3.8, 4) is 5.75 Å². The first-order valence-corrected chi connectivity index (χ1v) is 9.39. The lowest BCUT2D eigenvalue weighted by Gasteiger charge is -2.10. The normalized spacial score (nSPS) is 15.3. The number of fused-ring (bicyclic) bond motifs is 2. The summed E-state index contributed by atoms with van der Waals surface area (Å²) in [5, 5.41) is 11.1. The molecule has 2 amide bonds. The number of carbonyl (C=O) groups excluding carboxylic acids is 2. The SMILES string of the molecule is COCCNC(=O)c1cc2n(n1)C[C@@H](NC(=O)c1cc3ccc(OC)cc3[nH]1)C2. The molecule has 0 saturated heterocycles. The van der Waals surface area contributed by atoms with Gasteiger partial charge in [-0.2, -0.15) is 5.10 Å². The molecule has 0 radical (unpaired) electrons. The van der Waals surface area contributed by atoms with Crippen molar-refractivity contribution in [1.82, 2.24) is 25.4 Å². The molecular formula is C20H23N5O4. The lowest BCUT2D eigenvalue weighted by Crippen LogP contribution is -2.36. The molecule has 0 unspecified atom stereocenters. The van der Waals surface area contributed by atoms with Crippen molar-refractivity contribution in [1.29, 1.82) is 0 Å². The lowest BCUT2D eigenvalue weighted by molar-refractivity contribution is 0.0919. The number of carbonyl (C=O) groups is 2. The Morgan fingerprint density at radius 1 is 1.24 bits per heavy atom. The summed E-state index contributed by atoms with van der Waals surface area (Å²) in [5.74, 6) is 0.334. The van der Waals surface area contributed by atoms with Gasteiger partial charge < -0.3 is 25.1 Å². The zero-order chi connectivity index (χ0) is 20.4. The number of benzene rings is 1. The van der Waals surface area contributed by atoms with Gasteiger partial charge in [-0.15, -0.1) is 0 Å². The summed E-state index contributed by atoms with van der Waals surface area (Å²) < 4.78 is 11.9. The lowest BCUT2D eigenvalue weighted by atomic mass is 10.2. The summed E-state index contributed by atoms with van der Waals surface area (Å²) in [6.07, 6.45) is 0.623. The highest BCUT2D eigenvalue weighted by molar-refractivity contribution is 5.98. The molecule has 3 aromatic rings. The Balaban J connectivity index is 1.37. The molecule has 0 bridgehead atoms. The molecule has 1 aromatic carbocycles. The van der Waals surface area contributed by atoms with E-state index in [4.69, 9.17) is 9.47 Å². The van der Waals surface area contributed by atoms with Crippen LogP contribution in [0.1, 0.15) is 26.7 Å². The van der Waals surface area contributed by atoms with Crippen molar-refractivity contribution >= 4 is 22.7 Å². The van der Waals surface area contributed by atoms with E-state index in [0.717, 1.165) is 22.3 Å². The number of nitrogens with one attached hydrogen (secondary N) is 3. The first-order chi connectivity index (χ1) is 14.1. The summed E-state index contributed by atoms with van der Waals surface area (Å²) in [4.78, 5) is 27.8. The number of hydrogen-bond donors (Lipinski definition) is 3. The molecule has 29 heavy (non-hydrogen) atoms. The van der Waals surface area contributed by atoms with Crippen LogP contribution in [0.15, 0.2) is 30.3 Å². The monoisotopic (exact) mass is 397 g/mol. The van der Waals surface area contributed by atoms with E-state index in [1.165, 1.54) is 0 Å². The van der Waals surface area contributed by atoms with Gasteiger partial charge in [-0.1, -0.05) is 0 Å². The van der Waals surface area contributed by atoms with Crippen LogP contribution in [-0.2, 0) is 17.7 Å². The van der Waals surface area contributed by atoms with E-state index in [1.807, 2.05) is 24.3 Å². The molecule has 0 spiro atoms. The van der Waals surface area contributed by atoms with Crippen LogP contribution in [0.5, 0.6) is 5.75 Å². The highest BCUT2D eigenvalue weighted by atomic mass is 16.5. The number of aromatic amines is 1. The second kappa shape index (κ2) is 7.96. The summed E-state index contributed by atoms with van der Waals surface area (Å²) in [6.45, 7) is 1.42. The van der Waals surface area contributed by atoms with Crippen molar-refractivity contribution in [2.45, 2.75) is 19.0 Å². The molecule has 2 aromatic heterocycles. The van der Waals surface area contributed by atoms with Gasteiger partial charge in [0.05, 0.1) is 26.3 Å². The van der Waals surface area contributed by atoms with Crippen LogP contribution in [0, 0.1) is 0 Å². The summed E-state index contributed by atoms with van der Waals surface area (Å²) in [7, 11) is 3.19. The van der Waals surface area contributed by atoms with E-state index in [-0.39, 0.29) is 17.9 Å². The fraction of sp³-hybridized carbons (Fsp3) is 0.350. The maximum absolute atomic E-state index is 12.6. The number of H-pyrrole nitrogens is 1. The predicted octanol–water partition coefficient (Wildman–Crippen LogP) is 1.10. The number of rotatable bonds is 7. The van der Waals surface area contributed by atoms with Crippen LogP contribution in [0.3, 0.4) is 0 Å². The molecule has 1 aliphatic rings. The van der Waals surface area contributed by atoms with Gasteiger partial charge in [-0.3, -0.25) is 14.3 Å². The second-order valence-electron chi connectivity index (χ2n) is 6.96. The van der Waals surface area contributed by atoms with Crippen LogP contribution in [-0.4, -0.2) is 60.0 Å². The van der Waals surface area contributed by atoms with Gasteiger partial charge in [0.15, 0.2) is 0 Å². The van der Waals surface area contributed by atoms with Crippen molar-refractivity contribution in [2.24, 2.45) is 0 Å². The summed E-state index contributed by atoms with van der Waals surface area (Å²) in [6, 6.07) is 9.14. The molecule has 1 atom stereocenters. The Bertz CT molecular complexity index is 1030. The first kappa shape index (κ1) is 19.0. The summed E-state index contributed by atoms with van der Waals surface area (Å²) >= 11 is 0. The smallest absolute Gasteiger partial charge is 0.271 e. The fourth-order valence-electron chi connectivity index (χ4n) is 3.49. The average Bonchev–Trinajstić information content (AvgIpc) is 3.39. The molecule has 1 aliphatic heterocycles. The van der Waals surface area contributed by atoms with E-state index in [2.05, 4.69) is 20.7 Å². The van der Waals surface area contributed by atoms with Crippen molar-refractivity contribution < 1.29 is 19.1 Å². The average molecular weight is 397 g/mol. The van der Waals surface area contributed by atoms with E-state index in [0.29, 0.717) is 37.5 Å². The largest absolute Gasteiger partial charge is 0.497 e. The molecule has 152 valence electrons. The van der Waals surface area contributed by atoms with Gasteiger partial charge in [0.2, 0.25) is 0 Å². The molecule has 0 fully saturated rings. The number of aromatic nitrogens is 3. The van der Waals surface area contributed by atoms with E-state index < -0.39 is 0 Å².